The van der Waals surface area contributed by atoms with Crippen molar-refractivity contribution in [1.29, 1.82) is 5.26 Å². The Morgan fingerprint density at radius 2 is 2.00 bits per heavy atom. The Labute approximate surface area is 125 Å². The highest BCUT2D eigenvalue weighted by atomic mass is 15.0. The molecule has 3 rings (SSSR count). The van der Waals surface area contributed by atoms with Crippen molar-refractivity contribution >= 4 is 5.82 Å². The molecule has 1 unspecified atom stereocenters. The highest BCUT2D eigenvalue weighted by Gasteiger charge is 2.31. The van der Waals surface area contributed by atoms with Gasteiger partial charge < -0.3 is 5.32 Å². The molecule has 1 fully saturated rings. The first-order valence-corrected chi connectivity index (χ1v) is 7.44. The van der Waals surface area contributed by atoms with E-state index in [1.54, 1.807) is 0 Å². The number of nitriles is 1. The molecular weight excluding hydrogens is 258 g/mol. The van der Waals surface area contributed by atoms with Gasteiger partial charge in [-0.05, 0) is 49.3 Å². The Morgan fingerprint density at radius 3 is 2.67 bits per heavy atom. The molecule has 1 aliphatic rings. The van der Waals surface area contributed by atoms with Crippen molar-refractivity contribution in [2.45, 2.75) is 32.2 Å². The molecule has 1 heterocycles. The van der Waals surface area contributed by atoms with Crippen molar-refractivity contribution < 1.29 is 0 Å². The molecule has 3 heteroatoms. The minimum absolute atomic E-state index is 0.397. The number of aryl methyl sites for hydroxylation is 1. The maximum absolute atomic E-state index is 9.09. The van der Waals surface area contributed by atoms with Crippen LogP contribution >= 0.6 is 0 Å². The summed E-state index contributed by atoms with van der Waals surface area (Å²) in [6.45, 7) is 1.91. The molecule has 1 aromatic carbocycles. The van der Waals surface area contributed by atoms with E-state index in [0.29, 0.717) is 11.7 Å². The lowest BCUT2D eigenvalue weighted by atomic mass is 10.0. The first-order chi connectivity index (χ1) is 10.3. The number of rotatable bonds is 5. The average molecular weight is 277 g/mol. The lowest BCUT2D eigenvalue weighted by Crippen LogP contribution is -2.25. The van der Waals surface area contributed by atoms with E-state index in [2.05, 4.69) is 40.6 Å². The van der Waals surface area contributed by atoms with Gasteiger partial charge in [-0.15, -0.1) is 0 Å². The maximum atomic E-state index is 9.09. The highest BCUT2D eigenvalue weighted by molar-refractivity contribution is 5.43. The van der Waals surface area contributed by atoms with Gasteiger partial charge in [0.05, 0.1) is 0 Å². The summed E-state index contributed by atoms with van der Waals surface area (Å²) in [6.07, 6.45) is 3.56. The number of nitrogens with zero attached hydrogens (tertiary/aromatic N) is 2. The van der Waals surface area contributed by atoms with Crippen molar-refractivity contribution in [2.75, 3.05) is 5.32 Å². The van der Waals surface area contributed by atoms with Crippen molar-refractivity contribution in [3.63, 3.8) is 0 Å². The molecule has 2 aromatic rings. The zero-order chi connectivity index (χ0) is 14.7. The van der Waals surface area contributed by atoms with Crippen LogP contribution in [-0.2, 0) is 6.42 Å². The fourth-order valence-electron chi connectivity index (χ4n) is 2.61. The summed E-state index contributed by atoms with van der Waals surface area (Å²) in [5.74, 6) is 1.53. The van der Waals surface area contributed by atoms with Gasteiger partial charge in [0.1, 0.15) is 17.6 Å². The second kappa shape index (κ2) is 5.97. The lowest BCUT2D eigenvalue weighted by molar-refractivity contribution is 0.629. The van der Waals surface area contributed by atoms with E-state index < -0.39 is 0 Å². The Morgan fingerprint density at radius 1 is 1.24 bits per heavy atom. The predicted molar refractivity (Wildman–Crippen MR) is 84.0 cm³/mol. The predicted octanol–water partition coefficient (Wildman–Crippen LogP) is 3.69. The standard InChI is InChI=1S/C18H19N3/c1-13-7-10-18(21-17(13)12-19)20-16(15-8-9-15)11-14-5-3-2-4-6-14/h2-7,10,15-16H,8-9,11H2,1H3,(H,20,21). The number of pyridine rings is 1. The summed E-state index contributed by atoms with van der Waals surface area (Å²) < 4.78 is 0. The number of hydrogen-bond acceptors (Lipinski definition) is 3. The number of benzene rings is 1. The molecule has 21 heavy (non-hydrogen) atoms. The van der Waals surface area contributed by atoms with E-state index in [1.807, 2.05) is 25.1 Å². The van der Waals surface area contributed by atoms with Crippen molar-refractivity contribution in [3.05, 3.63) is 59.3 Å². The molecule has 0 radical (unpaired) electrons. The lowest BCUT2D eigenvalue weighted by Gasteiger charge is -2.19. The molecule has 0 amide bonds. The monoisotopic (exact) mass is 277 g/mol. The van der Waals surface area contributed by atoms with Gasteiger partial charge in [0.2, 0.25) is 0 Å². The van der Waals surface area contributed by atoms with Crippen molar-refractivity contribution in [3.8, 4) is 6.07 Å². The zero-order valence-electron chi connectivity index (χ0n) is 12.2. The normalized spacial score (nSPS) is 15.2. The van der Waals surface area contributed by atoms with Gasteiger partial charge >= 0.3 is 0 Å². The molecule has 106 valence electrons. The minimum atomic E-state index is 0.397. The van der Waals surface area contributed by atoms with Crippen LogP contribution in [0.5, 0.6) is 0 Å². The van der Waals surface area contributed by atoms with Crippen LogP contribution in [-0.4, -0.2) is 11.0 Å². The van der Waals surface area contributed by atoms with E-state index in [9.17, 15) is 0 Å². The van der Waals surface area contributed by atoms with Gasteiger partial charge in [-0.1, -0.05) is 36.4 Å². The molecule has 1 saturated carbocycles. The van der Waals surface area contributed by atoms with Gasteiger partial charge in [-0.25, -0.2) is 4.98 Å². The van der Waals surface area contributed by atoms with E-state index in [-0.39, 0.29) is 0 Å². The Bertz CT molecular complexity index is 654. The number of hydrogen-bond donors (Lipinski definition) is 1. The average Bonchev–Trinajstić information content (AvgIpc) is 3.34. The van der Waals surface area contributed by atoms with Crippen LogP contribution in [0.4, 0.5) is 5.82 Å². The molecule has 0 spiro atoms. The molecular formula is C18H19N3. The molecule has 1 N–H and O–H groups in total. The quantitative estimate of drug-likeness (QED) is 0.906. The summed E-state index contributed by atoms with van der Waals surface area (Å²) in [6, 6.07) is 17.0. The van der Waals surface area contributed by atoms with E-state index >= 15 is 0 Å². The van der Waals surface area contributed by atoms with Crippen LogP contribution in [0.2, 0.25) is 0 Å². The first kappa shape index (κ1) is 13.6. The molecule has 0 aliphatic heterocycles. The number of nitrogens with one attached hydrogen (secondary N) is 1. The molecule has 1 aromatic heterocycles. The van der Waals surface area contributed by atoms with Crippen LogP contribution in [0.15, 0.2) is 42.5 Å². The van der Waals surface area contributed by atoms with Gasteiger partial charge in [-0.2, -0.15) is 5.26 Å². The Hall–Kier alpha value is -2.34. The number of aromatic nitrogens is 1. The van der Waals surface area contributed by atoms with E-state index in [0.717, 1.165) is 23.7 Å². The second-order valence-electron chi connectivity index (χ2n) is 5.75. The number of anilines is 1. The van der Waals surface area contributed by atoms with E-state index in [1.165, 1.54) is 18.4 Å². The molecule has 0 bridgehead atoms. The summed E-state index contributed by atoms with van der Waals surface area (Å²) >= 11 is 0. The minimum Gasteiger partial charge on any atom is -0.367 e. The largest absolute Gasteiger partial charge is 0.367 e. The van der Waals surface area contributed by atoms with Crippen LogP contribution in [0, 0.1) is 24.2 Å². The zero-order valence-corrected chi connectivity index (χ0v) is 12.2. The van der Waals surface area contributed by atoms with Gasteiger partial charge in [0.15, 0.2) is 0 Å². The Kier molecular flexibility index (Phi) is 3.87. The van der Waals surface area contributed by atoms with Gasteiger partial charge in [0, 0.05) is 6.04 Å². The van der Waals surface area contributed by atoms with Crippen LogP contribution < -0.4 is 5.32 Å². The Balaban J connectivity index is 1.75. The first-order valence-electron chi connectivity index (χ1n) is 7.44. The van der Waals surface area contributed by atoms with Crippen LogP contribution in [0.3, 0.4) is 0 Å². The third-order valence-electron chi connectivity index (χ3n) is 4.03. The van der Waals surface area contributed by atoms with Crippen molar-refractivity contribution in [2.24, 2.45) is 5.92 Å². The third kappa shape index (κ3) is 3.41. The third-order valence-corrected chi connectivity index (χ3v) is 4.03. The smallest absolute Gasteiger partial charge is 0.145 e. The van der Waals surface area contributed by atoms with Crippen molar-refractivity contribution in [1.82, 2.24) is 4.98 Å². The maximum Gasteiger partial charge on any atom is 0.145 e. The van der Waals surface area contributed by atoms with E-state index in [4.69, 9.17) is 5.26 Å². The summed E-state index contributed by atoms with van der Waals surface area (Å²) in [5, 5.41) is 12.6. The van der Waals surface area contributed by atoms with Gasteiger partial charge in [-0.3, -0.25) is 0 Å². The highest BCUT2D eigenvalue weighted by Crippen LogP contribution is 2.35. The fraction of sp³-hybridized carbons (Fsp3) is 0.333. The second-order valence-corrected chi connectivity index (χ2v) is 5.75. The SMILES string of the molecule is Cc1ccc(NC(Cc2ccccc2)C2CC2)nc1C#N. The fourth-order valence-corrected chi connectivity index (χ4v) is 2.61. The van der Waals surface area contributed by atoms with Gasteiger partial charge in [0.25, 0.3) is 0 Å². The molecule has 3 nitrogen and oxygen atoms in total. The summed E-state index contributed by atoms with van der Waals surface area (Å²) in [5.41, 5.74) is 2.78. The van der Waals surface area contributed by atoms with Crippen LogP contribution in [0.25, 0.3) is 0 Å². The molecule has 1 aliphatic carbocycles. The topological polar surface area (TPSA) is 48.7 Å². The molecule has 1 atom stereocenters. The summed E-state index contributed by atoms with van der Waals surface area (Å²) in [7, 11) is 0. The summed E-state index contributed by atoms with van der Waals surface area (Å²) in [4.78, 5) is 4.41. The molecule has 0 saturated heterocycles. The van der Waals surface area contributed by atoms with Crippen LogP contribution in [0.1, 0.15) is 29.7 Å².